The number of nitrogens with one attached hydrogen (secondary N) is 1. The monoisotopic (exact) mass is 368 g/mol. The summed E-state index contributed by atoms with van der Waals surface area (Å²) in [5, 5.41) is 0. The Morgan fingerprint density at radius 1 is 1.14 bits per heavy atom. The highest BCUT2D eigenvalue weighted by molar-refractivity contribution is 9.10. The predicted molar refractivity (Wildman–Crippen MR) is 89.8 cm³/mol. The smallest absolute Gasteiger partial charge is 0.261 e. The van der Waals surface area contributed by atoms with Gasteiger partial charge >= 0.3 is 0 Å². The van der Waals surface area contributed by atoms with Crippen LogP contribution in [0.5, 0.6) is 0 Å². The quantitative estimate of drug-likeness (QED) is 0.788. The highest BCUT2D eigenvalue weighted by Gasteiger charge is 2.15. The Hall–Kier alpha value is -1.53. The zero-order valence-electron chi connectivity index (χ0n) is 11.6. The van der Waals surface area contributed by atoms with E-state index in [1.807, 2.05) is 12.1 Å². The van der Waals surface area contributed by atoms with Gasteiger partial charge in [0.2, 0.25) is 0 Å². The molecule has 0 saturated carbocycles. The van der Waals surface area contributed by atoms with Crippen molar-refractivity contribution in [3.63, 3.8) is 0 Å². The molecule has 2 aromatic carbocycles. The highest BCUT2D eigenvalue weighted by atomic mass is 79.9. The second-order valence-electron chi connectivity index (χ2n) is 4.74. The van der Waals surface area contributed by atoms with E-state index in [4.69, 9.17) is 5.73 Å². The molecule has 0 heterocycles. The number of nitrogens with two attached hydrogens (primary N) is 1. The summed E-state index contributed by atoms with van der Waals surface area (Å²) >= 11 is 3.30. The number of nitrogen functional groups attached to an aromatic ring is 1. The number of rotatable bonds is 5. The Labute approximate surface area is 133 Å². The number of benzene rings is 2. The Kier molecular flexibility index (Phi) is 4.90. The van der Waals surface area contributed by atoms with Crippen LogP contribution in [0.15, 0.2) is 51.8 Å². The van der Waals surface area contributed by atoms with Crippen molar-refractivity contribution in [2.24, 2.45) is 0 Å². The molecular formula is C15H17BrN2O2S. The molecular weight excluding hydrogens is 352 g/mol. The number of sulfonamides is 1. The zero-order valence-corrected chi connectivity index (χ0v) is 14.0. The number of anilines is 2. The Morgan fingerprint density at radius 2 is 1.81 bits per heavy atom. The molecule has 0 aromatic heterocycles. The average molecular weight is 369 g/mol. The first-order valence-electron chi connectivity index (χ1n) is 6.59. The lowest BCUT2D eigenvalue weighted by molar-refractivity contribution is 0.601. The van der Waals surface area contributed by atoms with Gasteiger partial charge in [-0.1, -0.05) is 25.5 Å². The van der Waals surface area contributed by atoms with Crippen molar-refractivity contribution >= 4 is 37.3 Å². The first-order chi connectivity index (χ1) is 9.92. The molecule has 4 nitrogen and oxygen atoms in total. The van der Waals surface area contributed by atoms with E-state index in [1.54, 1.807) is 30.3 Å². The van der Waals surface area contributed by atoms with E-state index in [-0.39, 0.29) is 4.90 Å². The number of hydrogen-bond acceptors (Lipinski definition) is 3. The molecule has 0 aliphatic carbocycles. The summed E-state index contributed by atoms with van der Waals surface area (Å²) in [7, 11) is -3.60. The van der Waals surface area contributed by atoms with Crippen LogP contribution in [0.4, 0.5) is 11.4 Å². The topological polar surface area (TPSA) is 72.2 Å². The molecule has 0 bridgehead atoms. The summed E-state index contributed by atoms with van der Waals surface area (Å²) in [6.45, 7) is 2.09. The van der Waals surface area contributed by atoms with Crippen LogP contribution in [0.2, 0.25) is 0 Å². The SMILES string of the molecule is CCCc1ccc(S(=O)(=O)Nc2ccc(N)cc2Br)cc1. The van der Waals surface area contributed by atoms with E-state index in [0.717, 1.165) is 18.4 Å². The molecule has 0 aliphatic rings. The van der Waals surface area contributed by atoms with Crippen molar-refractivity contribution in [2.75, 3.05) is 10.5 Å². The normalized spacial score (nSPS) is 11.3. The van der Waals surface area contributed by atoms with Gasteiger partial charge < -0.3 is 5.73 Å². The molecule has 21 heavy (non-hydrogen) atoms. The average Bonchev–Trinajstić information content (AvgIpc) is 2.43. The summed E-state index contributed by atoms with van der Waals surface area (Å²) in [6, 6.07) is 11.9. The maximum atomic E-state index is 12.3. The number of aryl methyl sites for hydroxylation is 1. The van der Waals surface area contributed by atoms with Gasteiger partial charge in [0, 0.05) is 10.2 Å². The van der Waals surface area contributed by atoms with Crippen LogP contribution in [0.3, 0.4) is 0 Å². The van der Waals surface area contributed by atoms with Crippen molar-refractivity contribution in [1.82, 2.24) is 0 Å². The zero-order chi connectivity index (χ0) is 15.5. The molecule has 6 heteroatoms. The van der Waals surface area contributed by atoms with Crippen LogP contribution < -0.4 is 10.5 Å². The minimum Gasteiger partial charge on any atom is -0.399 e. The van der Waals surface area contributed by atoms with Crippen LogP contribution in [-0.4, -0.2) is 8.42 Å². The predicted octanol–water partition coefficient (Wildman–Crippen LogP) is 3.78. The minimum atomic E-state index is -3.60. The van der Waals surface area contributed by atoms with E-state index in [9.17, 15) is 8.42 Å². The molecule has 0 unspecified atom stereocenters. The Balaban J connectivity index is 2.25. The fraction of sp³-hybridized carbons (Fsp3) is 0.200. The summed E-state index contributed by atoms with van der Waals surface area (Å²) in [4.78, 5) is 0.242. The number of hydrogen-bond donors (Lipinski definition) is 2. The largest absolute Gasteiger partial charge is 0.399 e. The van der Waals surface area contributed by atoms with Gasteiger partial charge in [0.1, 0.15) is 0 Å². The van der Waals surface area contributed by atoms with Gasteiger partial charge in [0.05, 0.1) is 10.6 Å². The van der Waals surface area contributed by atoms with Crippen LogP contribution in [0, 0.1) is 0 Å². The van der Waals surface area contributed by atoms with E-state index in [2.05, 4.69) is 27.6 Å². The lowest BCUT2D eigenvalue weighted by Crippen LogP contribution is -2.13. The fourth-order valence-electron chi connectivity index (χ4n) is 1.94. The molecule has 0 amide bonds. The Morgan fingerprint density at radius 3 is 2.38 bits per heavy atom. The molecule has 2 rings (SSSR count). The lowest BCUT2D eigenvalue weighted by atomic mass is 10.1. The van der Waals surface area contributed by atoms with E-state index >= 15 is 0 Å². The molecule has 0 spiro atoms. The molecule has 0 radical (unpaired) electrons. The van der Waals surface area contributed by atoms with Crippen molar-refractivity contribution in [1.29, 1.82) is 0 Å². The summed E-state index contributed by atoms with van der Waals surface area (Å²) in [5.74, 6) is 0. The maximum absolute atomic E-state index is 12.3. The third-order valence-electron chi connectivity index (χ3n) is 3.01. The lowest BCUT2D eigenvalue weighted by Gasteiger charge is -2.10. The molecule has 0 saturated heterocycles. The van der Waals surface area contributed by atoms with Crippen molar-refractivity contribution in [2.45, 2.75) is 24.7 Å². The van der Waals surface area contributed by atoms with E-state index < -0.39 is 10.0 Å². The molecule has 0 fully saturated rings. The summed E-state index contributed by atoms with van der Waals surface area (Å²) in [5.41, 5.74) is 7.79. The van der Waals surface area contributed by atoms with Gasteiger partial charge in [-0.2, -0.15) is 0 Å². The van der Waals surface area contributed by atoms with Gasteiger partial charge in [-0.15, -0.1) is 0 Å². The van der Waals surface area contributed by atoms with Gasteiger partial charge in [0.15, 0.2) is 0 Å². The van der Waals surface area contributed by atoms with Gasteiger partial charge in [-0.05, 0) is 58.2 Å². The first kappa shape index (κ1) is 15.9. The van der Waals surface area contributed by atoms with Crippen molar-refractivity contribution in [3.05, 3.63) is 52.5 Å². The summed E-state index contributed by atoms with van der Waals surface area (Å²) in [6.07, 6.45) is 1.97. The van der Waals surface area contributed by atoms with Gasteiger partial charge in [-0.25, -0.2) is 8.42 Å². The third kappa shape index (κ3) is 3.98. The summed E-state index contributed by atoms with van der Waals surface area (Å²) < 4.78 is 27.8. The second-order valence-corrected chi connectivity index (χ2v) is 7.28. The maximum Gasteiger partial charge on any atom is 0.261 e. The van der Waals surface area contributed by atoms with Crippen molar-refractivity contribution < 1.29 is 8.42 Å². The fourth-order valence-corrected chi connectivity index (χ4v) is 3.65. The van der Waals surface area contributed by atoms with Crippen molar-refractivity contribution in [3.8, 4) is 0 Å². The van der Waals surface area contributed by atoms with Gasteiger partial charge in [0.25, 0.3) is 10.0 Å². The van der Waals surface area contributed by atoms with Crippen LogP contribution >= 0.6 is 15.9 Å². The van der Waals surface area contributed by atoms with E-state index in [1.165, 1.54) is 0 Å². The molecule has 0 aliphatic heterocycles. The minimum absolute atomic E-state index is 0.242. The number of halogens is 1. The van der Waals surface area contributed by atoms with E-state index in [0.29, 0.717) is 15.8 Å². The molecule has 0 atom stereocenters. The van der Waals surface area contributed by atoms with Gasteiger partial charge in [-0.3, -0.25) is 4.72 Å². The molecule has 112 valence electrons. The highest BCUT2D eigenvalue weighted by Crippen LogP contribution is 2.27. The van der Waals surface area contributed by atoms with Crippen LogP contribution in [0.1, 0.15) is 18.9 Å². The van der Waals surface area contributed by atoms with Crippen LogP contribution in [0.25, 0.3) is 0 Å². The van der Waals surface area contributed by atoms with Crippen LogP contribution in [-0.2, 0) is 16.4 Å². The molecule has 3 N–H and O–H groups in total. The molecule has 2 aromatic rings. The second kappa shape index (κ2) is 6.49. The third-order valence-corrected chi connectivity index (χ3v) is 5.05. The standard InChI is InChI=1S/C15H17BrN2O2S/c1-2-3-11-4-7-13(8-5-11)21(19,20)18-15-9-6-12(17)10-14(15)16/h4-10,18H,2-3,17H2,1H3. The Bertz CT molecular complexity index is 728. The first-order valence-corrected chi connectivity index (χ1v) is 8.87.